The second-order valence-corrected chi connectivity index (χ2v) is 8.51. The molecule has 0 aliphatic heterocycles. The zero-order chi connectivity index (χ0) is 24.2. The normalized spacial score (nSPS) is 19.1. The summed E-state index contributed by atoms with van der Waals surface area (Å²) in [5.41, 5.74) is 3.64. The second-order valence-electron chi connectivity index (χ2n) is 8.51. The number of ether oxygens (including phenoxy) is 1. The first-order valence-electron chi connectivity index (χ1n) is 11.1. The zero-order valence-electron chi connectivity index (χ0n) is 19.0. The van der Waals surface area contributed by atoms with Gasteiger partial charge in [-0.25, -0.2) is 14.4 Å². The minimum absolute atomic E-state index is 0.0298. The molecule has 1 aliphatic rings. The third-order valence-corrected chi connectivity index (χ3v) is 6.09. The number of benzene rings is 2. The number of hydrogen-bond acceptors (Lipinski definition) is 5. The molecule has 1 aromatic heterocycles. The summed E-state index contributed by atoms with van der Waals surface area (Å²) < 4.78 is 20.8. The molecular formula is C26H25FN4O3. The van der Waals surface area contributed by atoms with Gasteiger partial charge in [-0.05, 0) is 74.1 Å². The Morgan fingerprint density at radius 1 is 1.24 bits per heavy atom. The summed E-state index contributed by atoms with van der Waals surface area (Å²) in [6, 6.07) is 12.1. The number of imidazole rings is 1. The average Bonchev–Trinajstić information content (AvgIpc) is 3.25. The maximum atomic E-state index is 14.9. The highest BCUT2D eigenvalue weighted by atomic mass is 19.1. The summed E-state index contributed by atoms with van der Waals surface area (Å²) >= 11 is 0. The van der Waals surface area contributed by atoms with Gasteiger partial charge in [0.25, 0.3) is 0 Å². The van der Waals surface area contributed by atoms with E-state index in [1.165, 1.54) is 6.07 Å². The highest BCUT2D eigenvalue weighted by molar-refractivity contribution is 5.81. The third kappa shape index (κ3) is 5.15. The number of carboxylic acids is 1. The Morgan fingerprint density at radius 2 is 2.00 bits per heavy atom. The van der Waals surface area contributed by atoms with E-state index >= 15 is 0 Å². The van der Waals surface area contributed by atoms with Crippen LogP contribution in [0.3, 0.4) is 0 Å². The van der Waals surface area contributed by atoms with Crippen molar-refractivity contribution in [3.8, 4) is 17.5 Å². The molecule has 34 heavy (non-hydrogen) atoms. The number of carbonyl (C=O) groups is 1. The van der Waals surface area contributed by atoms with Crippen LogP contribution in [0.5, 0.6) is 0 Å². The van der Waals surface area contributed by atoms with E-state index < -0.39 is 11.8 Å². The summed E-state index contributed by atoms with van der Waals surface area (Å²) in [5.74, 6) is -0.553. The predicted octanol–water partition coefficient (Wildman–Crippen LogP) is 5.68. The lowest BCUT2D eigenvalue weighted by atomic mass is 9.87. The number of aliphatic imine (C=N–C) groups is 1. The molecule has 1 saturated carbocycles. The van der Waals surface area contributed by atoms with Gasteiger partial charge in [-0.2, -0.15) is 5.26 Å². The number of rotatable bonds is 5. The van der Waals surface area contributed by atoms with Crippen molar-refractivity contribution in [3.05, 3.63) is 59.5 Å². The van der Waals surface area contributed by atoms with E-state index in [-0.39, 0.29) is 12.0 Å². The Balaban J connectivity index is 1.45. The SMILES string of the molecule is CC(=CN=C(C)OC1CCC(C(=O)O)CC1)c1ccc(-c2nc3ccc(C#N)cc3[nH]2)c(F)c1. The summed E-state index contributed by atoms with van der Waals surface area (Å²) in [5, 5.41) is 18.1. The maximum Gasteiger partial charge on any atom is 0.306 e. The number of fused-ring (bicyclic) bond motifs is 1. The number of carboxylic acid groups (broad SMARTS) is 1. The van der Waals surface area contributed by atoms with Gasteiger partial charge >= 0.3 is 5.97 Å². The topological polar surface area (TPSA) is 111 Å². The Labute approximate surface area is 196 Å². The Bertz CT molecular complexity index is 1330. The first kappa shape index (κ1) is 23.2. The van der Waals surface area contributed by atoms with Crippen molar-refractivity contribution in [2.45, 2.75) is 45.6 Å². The highest BCUT2D eigenvalue weighted by Crippen LogP contribution is 2.28. The van der Waals surface area contributed by atoms with E-state index in [1.54, 1.807) is 43.5 Å². The number of nitriles is 1. The third-order valence-electron chi connectivity index (χ3n) is 6.09. The van der Waals surface area contributed by atoms with E-state index in [4.69, 9.17) is 15.1 Å². The number of aliphatic carboxylic acids is 1. The number of nitrogens with zero attached hydrogens (tertiary/aromatic N) is 3. The highest BCUT2D eigenvalue weighted by Gasteiger charge is 2.27. The van der Waals surface area contributed by atoms with Crippen molar-refractivity contribution in [1.82, 2.24) is 9.97 Å². The van der Waals surface area contributed by atoms with Crippen LogP contribution in [0.25, 0.3) is 28.0 Å². The number of aromatic amines is 1. The molecule has 1 fully saturated rings. The Morgan fingerprint density at radius 3 is 2.68 bits per heavy atom. The van der Waals surface area contributed by atoms with Crippen LogP contribution >= 0.6 is 0 Å². The van der Waals surface area contributed by atoms with Crippen LogP contribution in [0, 0.1) is 23.1 Å². The zero-order valence-corrected chi connectivity index (χ0v) is 19.0. The fourth-order valence-electron chi connectivity index (χ4n) is 4.12. The van der Waals surface area contributed by atoms with Crippen LogP contribution in [0.2, 0.25) is 0 Å². The van der Waals surface area contributed by atoms with Gasteiger partial charge in [0.05, 0.1) is 34.1 Å². The molecule has 8 heteroatoms. The van der Waals surface area contributed by atoms with Gasteiger partial charge in [0, 0.05) is 13.1 Å². The van der Waals surface area contributed by atoms with E-state index in [2.05, 4.69) is 21.0 Å². The first-order valence-corrected chi connectivity index (χ1v) is 11.1. The molecule has 1 aliphatic carbocycles. The Hall–Kier alpha value is -3.99. The lowest BCUT2D eigenvalue weighted by Gasteiger charge is -2.26. The number of nitrogens with one attached hydrogen (secondary N) is 1. The van der Waals surface area contributed by atoms with Crippen LogP contribution < -0.4 is 0 Å². The van der Waals surface area contributed by atoms with Gasteiger partial charge in [0.15, 0.2) is 5.90 Å². The van der Waals surface area contributed by atoms with Crippen molar-refractivity contribution in [2.24, 2.45) is 10.9 Å². The summed E-state index contributed by atoms with van der Waals surface area (Å²) in [4.78, 5) is 22.9. The molecule has 0 amide bonds. The molecule has 0 radical (unpaired) electrons. The van der Waals surface area contributed by atoms with Gasteiger partial charge in [-0.15, -0.1) is 0 Å². The van der Waals surface area contributed by atoms with Crippen molar-refractivity contribution >= 4 is 28.5 Å². The van der Waals surface area contributed by atoms with Crippen molar-refractivity contribution < 1.29 is 19.0 Å². The maximum absolute atomic E-state index is 14.9. The predicted molar refractivity (Wildman–Crippen MR) is 127 cm³/mol. The fourth-order valence-corrected chi connectivity index (χ4v) is 4.12. The molecule has 1 heterocycles. The molecule has 2 aromatic carbocycles. The monoisotopic (exact) mass is 460 g/mol. The largest absolute Gasteiger partial charge is 0.481 e. The number of halogens is 1. The molecule has 3 aromatic rings. The van der Waals surface area contributed by atoms with Crippen LogP contribution in [0.15, 0.2) is 47.6 Å². The summed E-state index contributed by atoms with van der Waals surface area (Å²) in [7, 11) is 0. The molecule has 0 unspecified atom stereocenters. The smallest absolute Gasteiger partial charge is 0.306 e. The van der Waals surface area contributed by atoms with Crippen LogP contribution in [0.4, 0.5) is 4.39 Å². The number of hydrogen-bond donors (Lipinski definition) is 2. The average molecular weight is 461 g/mol. The van der Waals surface area contributed by atoms with E-state index in [1.807, 2.05) is 6.92 Å². The van der Waals surface area contributed by atoms with Crippen LogP contribution in [-0.4, -0.2) is 33.0 Å². The fraction of sp³-hybridized carbons (Fsp3) is 0.308. The minimum Gasteiger partial charge on any atom is -0.481 e. The van der Waals surface area contributed by atoms with E-state index in [9.17, 15) is 9.18 Å². The van der Waals surface area contributed by atoms with E-state index in [0.717, 1.165) is 5.57 Å². The van der Waals surface area contributed by atoms with Gasteiger partial charge in [-0.3, -0.25) is 4.79 Å². The summed E-state index contributed by atoms with van der Waals surface area (Å²) in [6.45, 7) is 3.60. The molecule has 4 rings (SSSR count). The molecule has 0 saturated heterocycles. The lowest BCUT2D eigenvalue weighted by Crippen LogP contribution is -2.27. The lowest BCUT2D eigenvalue weighted by molar-refractivity contribution is -0.143. The second kappa shape index (κ2) is 9.87. The Kier molecular flexibility index (Phi) is 6.73. The quantitative estimate of drug-likeness (QED) is 0.376. The van der Waals surface area contributed by atoms with Crippen molar-refractivity contribution in [3.63, 3.8) is 0 Å². The molecular weight excluding hydrogens is 435 g/mol. The number of aromatic nitrogens is 2. The van der Waals surface area contributed by atoms with Crippen LogP contribution in [0.1, 0.15) is 50.7 Å². The number of H-pyrrole nitrogens is 1. The standard InChI is InChI=1S/C26H25FN4O3/c1-15(14-29-16(2)34-20-7-4-18(5-8-20)26(32)33)19-6-9-21(22(27)12-19)25-30-23-10-3-17(13-28)11-24(23)31-25/h3,6,9-12,14,18,20H,4-5,7-8H2,1-2H3,(H,30,31)(H,32,33). The van der Waals surface area contributed by atoms with Crippen molar-refractivity contribution in [2.75, 3.05) is 0 Å². The number of allylic oxidation sites excluding steroid dienone is 1. The molecule has 2 N–H and O–H groups in total. The van der Waals surface area contributed by atoms with Gasteiger partial charge in [-0.1, -0.05) is 6.07 Å². The van der Waals surface area contributed by atoms with Gasteiger partial charge < -0.3 is 14.8 Å². The van der Waals surface area contributed by atoms with Gasteiger partial charge in [0.1, 0.15) is 17.7 Å². The van der Waals surface area contributed by atoms with Crippen LogP contribution in [-0.2, 0) is 9.53 Å². The molecule has 0 bridgehead atoms. The van der Waals surface area contributed by atoms with Crippen molar-refractivity contribution in [1.29, 1.82) is 5.26 Å². The molecule has 174 valence electrons. The molecule has 0 atom stereocenters. The minimum atomic E-state index is -0.742. The molecule has 0 spiro atoms. The summed E-state index contributed by atoms with van der Waals surface area (Å²) in [6.07, 6.45) is 4.21. The first-order chi connectivity index (χ1) is 16.3. The molecule has 7 nitrogen and oxygen atoms in total. The van der Waals surface area contributed by atoms with E-state index in [0.29, 0.717) is 65.1 Å². The van der Waals surface area contributed by atoms with Gasteiger partial charge in [0.2, 0.25) is 0 Å².